The zero-order chi connectivity index (χ0) is 28.3. The fourth-order valence-corrected chi connectivity index (χ4v) is 5.75. The number of methoxy groups -OCH3 is 2. The Balaban J connectivity index is 1.68. The van der Waals surface area contributed by atoms with Crippen LogP contribution in [0.5, 0.6) is 11.5 Å². The van der Waals surface area contributed by atoms with Crippen LogP contribution >= 0.6 is 0 Å². The first-order valence-electron chi connectivity index (χ1n) is 12.9. The second-order valence-electron chi connectivity index (χ2n) is 9.62. The number of ether oxygens (including phenoxy) is 2. The van der Waals surface area contributed by atoms with E-state index in [2.05, 4.69) is 4.72 Å². The first-order valence-corrected chi connectivity index (χ1v) is 14.3. The Morgan fingerprint density at radius 3 is 1.95 bits per heavy atom. The molecule has 4 aromatic carbocycles. The van der Waals surface area contributed by atoms with Crippen LogP contribution in [0.25, 0.3) is 11.3 Å². The summed E-state index contributed by atoms with van der Waals surface area (Å²) in [6, 6.07) is 32.0. The summed E-state index contributed by atoms with van der Waals surface area (Å²) in [6.07, 6.45) is 0. The van der Waals surface area contributed by atoms with E-state index in [9.17, 15) is 8.42 Å². The fourth-order valence-electron chi connectivity index (χ4n) is 4.67. The molecular formula is C33H31NO5S. The van der Waals surface area contributed by atoms with Crippen molar-refractivity contribution in [2.75, 3.05) is 18.9 Å². The number of aryl methyl sites for hydroxylation is 2. The number of anilines is 1. The largest absolute Gasteiger partial charge is 0.493 e. The molecule has 1 aromatic heterocycles. The van der Waals surface area contributed by atoms with Crippen LogP contribution in [0.4, 0.5) is 5.69 Å². The molecule has 0 aliphatic carbocycles. The van der Waals surface area contributed by atoms with Crippen molar-refractivity contribution in [3.63, 3.8) is 0 Å². The Morgan fingerprint density at radius 2 is 1.32 bits per heavy atom. The molecule has 1 atom stereocenters. The van der Waals surface area contributed by atoms with E-state index >= 15 is 0 Å². The molecule has 0 radical (unpaired) electrons. The van der Waals surface area contributed by atoms with E-state index in [4.69, 9.17) is 13.9 Å². The van der Waals surface area contributed by atoms with Crippen molar-refractivity contribution in [1.82, 2.24) is 0 Å². The average molecular weight is 554 g/mol. The zero-order valence-corrected chi connectivity index (χ0v) is 23.7. The van der Waals surface area contributed by atoms with Gasteiger partial charge in [0.05, 0.1) is 30.7 Å². The zero-order valence-electron chi connectivity index (χ0n) is 22.8. The van der Waals surface area contributed by atoms with Crippen LogP contribution in [0.2, 0.25) is 0 Å². The van der Waals surface area contributed by atoms with E-state index in [0.29, 0.717) is 28.5 Å². The van der Waals surface area contributed by atoms with Gasteiger partial charge >= 0.3 is 0 Å². The fraction of sp³-hybridized carbons (Fsp3) is 0.152. The van der Waals surface area contributed by atoms with Crippen molar-refractivity contribution >= 4 is 15.7 Å². The molecule has 7 heteroatoms. The first-order chi connectivity index (χ1) is 19.3. The van der Waals surface area contributed by atoms with Crippen LogP contribution in [0.15, 0.2) is 112 Å². The van der Waals surface area contributed by atoms with Crippen molar-refractivity contribution < 1.29 is 22.3 Å². The third kappa shape index (κ3) is 5.60. The topological polar surface area (TPSA) is 77.8 Å². The molecule has 0 fully saturated rings. The minimum absolute atomic E-state index is 0.162. The minimum atomic E-state index is -3.91. The van der Waals surface area contributed by atoms with Crippen molar-refractivity contribution in [2.45, 2.75) is 24.7 Å². The van der Waals surface area contributed by atoms with Crippen LogP contribution < -0.4 is 14.2 Å². The molecule has 0 aliphatic heterocycles. The number of hydrogen-bond acceptors (Lipinski definition) is 5. The molecular weight excluding hydrogens is 522 g/mol. The molecule has 1 heterocycles. The number of hydrogen-bond donors (Lipinski definition) is 1. The molecule has 0 aliphatic rings. The smallest absolute Gasteiger partial charge is 0.261 e. The molecule has 0 spiro atoms. The van der Waals surface area contributed by atoms with Crippen molar-refractivity contribution in [1.29, 1.82) is 0 Å². The van der Waals surface area contributed by atoms with Gasteiger partial charge in [-0.3, -0.25) is 4.72 Å². The van der Waals surface area contributed by atoms with Gasteiger partial charge in [0.1, 0.15) is 11.5 Å². The number of rotatable bonds is 9. The van der Waals surface area contributed by atoms with E-state index in [-0.39, 0.29) is 4.90 Å². The summed E-state index contributed by atoms with van der Waals surface area (Å²) in [4.78, 5) is 0.162. The van der Waals surface area contributed by atoms with Gasteiger partial charge < -0.3 is 13.9 Å². The Labute approximate surface area is 235 Å². The molecule has 0 bridgehead atoms. The summed E-state index contributed by atoms with van der Waals surface area (Å²) in [7, 11) is -0.842. The molecule has 1 unspecified atom stereocenters. The SMILES string of the molecule is COc1cc(NS(=O)(=O)c2ccc(C)cc2)c(C(c2ccccc2)c2ccc(-c3ccc(C)cc3)o2)cc1OC. The summed E-state index contributed by atoms with van der Waals surface area (Å²) in [5.41, 5.74) is 5.03. The maximum absolute atomic E-state index is 13.5. The van der Waals surface area contributed by atoms with Gasteiger partial charge in [-0.2, -0.15) is 0 Å². The monoisotopic (exact) mass is 553 g/mol. The Morgan fingerprint density at radius 1 is 0.725 bits per heavy atom. The summed E-state index contributed by atoms with van der Waals surface area (Å²) in [5.74, 6) is 1.81. The van der Waals surface area contributed by atoms with E-state index in [1.165, 1.54) is 7.11 Å². The lowest BCUT2D eigenvalue weighted by molar-refractivity contribution is 0.354. The summed E-state index contributed by atoms with van der Waals surface area (Å²) in [5, 5.41) is 0. The molecule has 5 rings (SSSR count). The van der Waals surface area contributed by atoms with Gasteiger partial charge in [0, 0.05) is 11.6 Å². The van der Waals surface area contributed by atoms with E-state index < -0.39 is 15.9 Å². The number of nitrogens with one attached hydrogen (secondary N) is 1. The Hall–Kier alpha value is -4.49. The molecule has 5 aromatic rings. The van der Waals surface area contributed by atoms with Crippen molar-refractivity contribution in [2.24, 2.45) is 0 Å². The van der Waals surface area contributed by atoms with Crippen LogP contribution in [0.3, 0.4) is 0 Å². The minimum Gasteiger partial charge on any atom is -0.493 e. The average Bonchev–Trinajstić information content (AvgIpc) is 3.44. The van der Waals surface area contributed by atoms with Gasteiger partial charge in [0.25, 0.3) is 10.0 Å². The maximum Gasteiger partial charge on any atom is 0.261 e. The van der Waals surface area contributed by atoms with Crippen LogP contribution in [0, 0.1) is 13.8 Å². The Bertz CT molecular complexity index is 1710. The normalized spacial score (nSPS) is 12.1. The van der Waals surface area contributed by atoms with E-state index in [0.717, 1.165) is 28.0 Å². The molecule has 0 saturated carbocycles. The molecule has 0 amide bonds. The van der Waals surface area contributed by atoms with Crippen molar-refractivity contribution in [3.05, 3.63) is 131 Å². The highest BCUT2D eigenvalue weighted by molar-refractivity contribution is 7.92. The molecule has 204 valence electrons. The highest BCUT2D eigenvalue weighted by atomic mass is 32.2. The van der Waals surface area contributed by atoms with E-state index in [1.807, 2.05) is 80.6 Å². The molecule has 40 heavy (non-hydrogen) atoms. The van der Waals surface area contributed by atoms with Crippen LogP contribution in [-0.4, -0.2) is 22.6 Å². The van der Waals surface area contributed by atoms with Crippen LogP contribution in [-0.2, 0) is 10.0 Å². The summed E-state index contributed by atoms with van der Waals surface area (Å²) in [6.45, 7) is 3.95. The predicted molar refractivity (Wildman–Crippen MR) is 158 cm³/mol. The van der Waals surface area contributed by atoms with Gasteiger partial charge in [-0.1, -0.05) is 77.9 Å². The lowest BCUT2D eigenvalue weighted by Crippen LogP contribution is -2.16. The standard InChI is InChI=1S/C33H31NO5S/c1-22-10-14-24(15-11-22)29-18-19-30(39-29)33(25-8-6-5-7-9-25)27-20-31(37-3)32(38-4)21-28(27)34-40(35,36)26-16-12-23(2)13-17-26/h5-21,33-34H,1-4H3. The highest BCUT2D eigenvalue weighted by Crippen LogP contribution is 2.43. The first kappa shape index (κ1) is 27.1. The number of furan rings is 1. The second-order valence-corrected chi connectivity index (χ2v) is 11.3. The van der Waals surface area contributed by atoms with E-state index in [1.54, 1.807) is 43.5 Å². The summed E-state index contributed by atoms with van der Waals surface area (Å²) < 4.78 is 47.5. The number of benzene rings is 4. The lowest BCUT2D eigenvalue weighted by Gasteiger charge is -2.22. The highest BCUT2D eigenvalue weighted by Gasteiger charge is 2.28. The van der Waals surface area contributed by atoms with Gasteiger partial charge in [-0.25, -0.2) is 8.42 Å². The number of sulfonamides is 1. The molecule has 6 nitrogen and oxygen atoms in total. The molecule has 1 N–H and O–H groups in total. The maximum atomic E-state index is 13.5. The van der Waals surface area contributed by atoms with Gasteiger partial charge in [0.15, 0.2) is 11.5 Å². The Kier molecular flexibility index (Phi) is 7.67. The predicted octanol–water partition coefficient (Wildman–Crippen LogP) is 7.56. The van der Waals surface area contributed by atoms with Gasteiger partial charge in [0.2, 0.25) is 0 Å². The third-order valence-electron chi connectivity index (χ3n) is 6.82. The van der Waals surface area contributed by atoms with Crippen LogP contribution in [0.1, 0.15) is 33.9 Å². The second kappa shape index (κ2) is 11.3. The molecule has 0 saturated heterocycles. The van der Waals surface area contributed by atoms with Gasteiger partial charge in [-0.15, -0.1) is 0 Å². The summed E-state index contributed by atoms with van der Waals surface area (Å²) >= 11 is 0. The third-order valence-corrected chi connectivity index (χ3v) is 8.20. The quantitative estimate of drug-likeness (QED) is 0.204. The van der Waals surface area contributed by atoms with Crippen molar-refractivity contribution in [3.8, 4) is 22.8 Å². The van der Waals surface area contributed by atoms with Gasteiger partial charge in [-0.05, 0) is 55.3 Å². The lowest BCUT2D eigenvalue weighted by atomic mass is 9.88.